The molecule has 0 bridgehead atoms. The van der Waals surface area contributed by atoms with Gasteiger partial charge in [0.25, 0.3) is 0 Å². The van der Waals surface area contributed by atoms with Crippen molar-refractivity contribution in [1.29, 1.82) is 0 Å². The molecule has 2 atom stereocenters. The van der Waals surface area contributed by atoms with E-state index in [1.54, 1.807) is 12.1 Å². The number of piperidine rings is 1. The van der Waals surface area contributed by atoms with E-state index >= 15 is 0 Å². The third-order valence-electron chi connectivity index (χ3n) is 3.80. The van der Waals surface area contributed by atoms with Gasteiger partial charge in [-0.3, -0.25) is 0 Å². The van der Waals surface area contributed by atoms with Gasteiger partial charge in [-0.25, -0.2) is 13.4 Å². The molecular weight excluding hydrogens is 262 g/mol. The Hall–Kier alpha value is -1.14. The van der Waals surface area contributed by atoms with Crippen molar-refractivity contribution in [2.75, 3.05) is 24.2 Å². The van der Waals surface area contributed by atoms with Gasteiger partial charge in [0, 0.05) is 31.6 Å². The van der Waals surface area contributed by atoms with Crippen molar-refractivity contribution in [2.24, 2.45) is 11.7 Å². The number of aromatic nitrogens is 1. The Morgan fingerprint density at radius 3 is 2.74 bits per heavy atom. The minimum Gasteiger partial charge on any atom is -0.352 e. The zero-order chi connectivity index (χ0) is 14.0. The average molecular weight is 283 g/mol. The predicted octanol–water partition coefficient (Wildman–Crippen LogP) is 1.05. The minimum absolute atomic E-state index is 0.255. The first-order valence-electron chi connectivity index (χ1n) is 6.56. The van der Waals surface area contributed by atoms with Crippen LogP contribution in [0, 0.1) is 5.92 Å². The summed E-state index contributed by atoms with van der Waals surface area (Å²) >= 11 is 0. The smallest absolute Gasteiger partial charge is 0.177 e. The first-order chi connectivity index (χ1) is 8.93. The van der Waals surface area contributed by atoms with Gasteiger partial charge in [0.15, 0.2) is 9.84 Å². The van der Waals surface area contributed by atoms with Crippen molar-refractivity contribution in [3.63, 3.8) is 0 Å². The molecule has 1 saturated heterocycles. The van der Waals surface area contributed by atoms with Gasteiger partial charge in [-0.2, -0.15) is 0 Å². The average Bonchev–Trinajstić information content (AvgIpc) is 2.37. The Bertz CT molecular complexity index is 527. The molecule has 2 unspecified atom stereocenters. The second-order valence-corrected chi connectivity index (χ2v) is 7.26. The standard InChI is InChI=1S/C13H21N3O2S/c1-10-4-3-7-16(12(10)8-14)13-6-5-11(9-15-13)19(2,17)18/h5-6,9-10,12H,3-4,7-8,14H2,1-2H3. The summed E-state index contributed by atoms with van der Waals surface area (Å²) in [5.41, 5.74) is 5.86. The molecule has 1 fully saturated rings. The van der Waals surface area contributed by atoms with Gasteiger partial charge in [0.2, 0.25) is 0 Å². The van der Waals surface area contributed by atoms with Crippen molar-refractivity contribution in [2.45, 2.75) is 30.7 Å². The van der Waals surface area contributed by atoms with Crippen LogP contribution in [0.2, 0.25) is 0 Å². The van der Waals surface area contributed by atoms with E-state index in [4.69, 9.17) is 5.73 Å². The van der Waals surface area contributed by atoms with Gasteiger partial charge in [-0.15, -0.1) is 0 Å². The second kappa shape index (κ2) is 5.46. The van der Waals surface area contributed by atoms with Crippen molar-refractivity contribution >= 4 is 15.7 Å². The van der Waals surface area contributed by atoms with Crippen LogP contribution in [0.25, 0.3) is 0 Å². The monoisotopic (exact) mass is 283 g/mol. The molecule has 2 N–H and O–H groups in total. The van der Waals surface area contributed by atoms with Gasteiger partial charge in [-0.05, 0) is 30.9 Å². The lowest BCUT2D eigenvalue weighted by Crippen LogP contribution is -2.49. The van der Waals surface area contributed by atoms with Crippen LogP contribution < -0.4 is 10.6 Å². The third kappa shape index (κ3) is 3.06. The van der Waals surface area contributed by atoms with Crippen LogP contribution in [-0.4, -0.2) is 38.8 Å². The van der Waals surface area contributed by atoms with Crippen LogP contribution in [0.15, 0.2) is 23.2 Å². The highest BCUT2D eigenvalue weighted by atomic mass is 32.2. The fraction of sp³-hybridized carbons (Fsp3) is 0.615. The van der Waals surface area contributed by atoms with Crippen molar-refractivity contribution in [3.8, 4) is 0 Å². The molecule has 0 spiro atoms. The number of hydrogen-bond donors (Lipinski definition) is 1. The quantitative estimate of drug-likeness (QED) is 0.897. The van der Waals surface area contributed by atoms with Crippen LogP contribution in [-0.2, 0) is 9.84 Å². The fourth-order valence-electron chi connectivity index (χ4n) is 2.65. The van der Waals surface area contributed by atoms with E-state index in [-0.39, 0.29) is 10.9 Å². The molecule has 6 heteroatoms. The van der Waals surface area contributed by atoms with Gasteiger partial charge in [0.1, 0.15) is 5.82 Å². The van der Waals surface area contributed by atoms with Gasteiger partial charge >= 0.3 is 0 Å². The van der Waals surface area contributed by atoms with Crippen LogP contribution in [0.1, 0.15) is 19.8 Å². The first-order valence-corrected chi connectivity index (χ1v) is 8.45. The molecule has 1 aliphatic rings. The van der Waals surface area contributed by atoms with E-state index in [0.717, 1.165) is 18.8 Å². The summed E-state index contributed by atoms with van der Waals surface area (Å²) in [5.74, 6) is 1.35. The Balaban J connectivity index is 2.26. The van der Waals surface area contributed by atoms with Gasteiger partial charge in [0.05, 0.1) is 4.90 Å². The third-order valence-corrected chi connectivity index (χ3v) is 4.90. The Morgan fingerprint density at radius 2 is 2.21 bits per heavy atom. The number of anilines is 1. The molecule has 19 heavy (non-hydrogen) atoms. The van der Waals surface area contributed by atoms with Crippen LogP contribution in [0.3, 0.4) is 0 Å². The Kier molecular flexibility index (Phi) is 4.10. The summed E-state index contributed by atoms with van der Waals surface area (Å²) in [6.45, 7) is 3.72. The first kappa shape index (κ1) is 14.3. The molecule has 0 radical (unpaired) electrons. The lowest BCUT2D eigenvalue weighted by molar-refractivity contribution is 0.348. The molecule has 2 heterocycles. The maximum absolute atomic E-state index is 11.4. The molecule has 1 aliphatic heterocycles. The molecule has 106 valence electrons. The van der Waals surface area contributed by atoms with Crippen molar-refractivity contribution < 1.29 is 8.42 Å². The van der Waals surface area contributed by atoms with E-state index < -0.39 is 9.84 Å². The largest absolute Gasteiger partial charge is 0.352 e. The summed E-state index contributed by atoms with van der Waals surface area (Å²) in [4.78, 5) is 6.74. The topological polar surface area (TPSA) is 76.3 Å². The van der Waals surface area contributed by atoms with Gasteiger partial charge in [-0.1, -0.05) is 6.92 Å². The van der Waals surface area contributed by atoms with Crippen LogP contribution in [0.4, 0.5) is 5.82 Å². The Labute approximate surface area is 114 Å². The lowest BCUT2D eigenvalue weighted by Gasteiger charge is -2.40. The van der Waals surface area contributed by atoms with Gasteiger partial charge < -0.3 is 10.6 Å². The number of sulfone groups is 1. The molecular formula is C13H21N3O2S. The van der Waals surface area contributed by atoms with Crippen LogP contribution >= 0.6 is 0 Å². The predicted molar refractivity (Wildman–Crippen MR) is 75.9 cm³/mol. The SMILES string of the molecule is CC1CCCN(c2ccc(S(C)(=O)=O)cn2)C1CN. The number of rotatable bonds is 3. The number of pyridine rings is 1. The summed E-state index contributed by atoms with van der Waals surface area (Å²) in [7, 11) is -3.19. The molecule has 1 aromatic heterocycles. The van der Waals surface area contributed by atoms with Crippen LogP contribution in [0.5, 0.6) is 0 Å². The zero-order valence-corrected chi connectivity index (χ0v) is 12.2. The molecule has 0 aromatic carbocycles. The highest BCUT2D eigenvalue weighted by Gasteiger charge is 2.28. The number of nitrogens with zero attached hydrogens (tertiary/aromatic N) is 2. The zero-order valence-electron chi connectivity index (χ0n) is 11.4. The number of nitrogens with two attached hydrogens (primary N) is 1. The maximum Gasteiger partial charge on any atom is 0.177 e. The molecule has 0 saturated carbocycles. The molecule has 2 rings (SSSR count). The molecule has 0 amide bonds. The minimum atomic E-state index is -3.19. The molecule has 5 nitrogen and oxygen atoms in total. The summed E-state index contributed by atoms with van der Waals surface area (Å²) in [5, 5.41) is 0. The Morgan fingerprint density at radius 1 is 1.47 bits per heavy atom. The van der Waals surface area contributed by atoms with Crippen molar-refractivity contribution in [3.05, 3.63) is 18.3 Å². The van der Waals surface area contributed by atoms with E-state index in [2.05, 4.69) is 16.8 Å². The summed E-state index contributed by atoms with van der Waals surface area (Å²) < 4.78 is 22.8. The molecule has 0 aliphatic carbocycles. The normalized spacial score (nSPS) is 24.5. The van der Waals surface area contributed by atoms with E-state index in [0.29, 0.717) is 12.5 Å². The van der Waals surface area contributed by atoms with E-state index in [9.17, 15) is 8.42 Å². The number of hydrogen-bond acceptors (Lipinski definition) is 5. The van der Waals surface area contributed by atoms with E-state index in [1.165, 1.54) is 18.9 Å². The molecule has 1 aromatic rings. The highest BCUT2D eigenvalue weighted by molar-refractivity contribution is 7.90. The summed E-state index contributed by atoms with van der Waals surface area (Å²) in [6, 6.07) is 3.67. The lowest BCUT2D eigenvalue weighted by atomic mass is 9.91. The van der Waals surface area contributed by atoms with Crippen molar-refractivity contribution in [1.82, 2.24) is 4.98 Å². The summed E-state index contributed by atoms with van der Waals surface area (Å²) in [6.07, 6.45) is 4.92. The second-order valence-electron chi connectivity index (χ2n) is 5.24. The maximum atomic E-state index is 11.4. The fourth-order valence-corrected chi connectivity index (χ4v) is 3.21. The van der Waals surface area contributed by atoms with E-state index in [1.807, 2.05) is 0 Å². The highest BCUT2D eigenvalue weighted by Crippen LogP contribution is 2.27.